The van der Waals surface area contributed by atoms with Gasteiger partial charge in [0.1, 0.15) is 5.75 Å². The summed E-state index contributed by atoms with van der Waals surface area (Å²) in [7, 11) is 1.69. The molecule has 44 heavy (non-hydrogen) atoms. The fraction of sp³-hybridized carbons (Fsp3) is 0.0256. The largest absolute Gasteiger partial charge is 0.497 e. The Labute approximate surface area is 254 Å². The normalized spacial score (nSPS) is 12.0. The van der Waals surface area contributed by atoms with E-state index in [4.69, 9.17) is 14.7 Å². The van der Waals surface area contributed by atoms with Gasteiger partial charge in [-0.05, 0) is 83.5 Å². The second-order valence-corrected chi connectivity index (χ2v) is 10.9. The molecule has 8 rings (SSSR count). The van der Waals surface area contributed by atoms with E-state index in [0.717, 1.165) is 84.0 Å². The number of fused-ring (bicyclic) bond motifs is 8. The molecule has 6 aromatic rings. The lowest BCUT2D eigenvalue weighted by Crippen LogP contribution is -1.87. The first-order valence-electron chi connectivity index (χ1n) is 14.6. The van der Waals surface area contributed by atoms with Gasteiger partial charge >= 0.3 is 0 Å². The summed E-state index contributed by atoms with van der Waals surface area (Å²) in [6.45, 7) is 0. The number of methoxy groups -OCH3 is 1. The lowest BCUT2D eigenvalue weighted by molar-refractivity contribution is 0.415. The summed E-state index contributed by atoms with van der Waals surface area (Å²) in [4.78, 5) is 17.6. The summed E-state index contributed by atoms with van der Waals surface area (Å²) in [6.07, 6.45) is 8.35. The average molecular weight is 569 g/mol. The lowest BCUT2D eigenvalue weighted by Gasteiger charge is -2.07. The van der Waals surface area contributed by atoms with Crippen LogP contribution in [0.1, 0.15) is 22.8 Å². The van der Waals surface area contributed by atoms with E-state index >= 15 is 0 Å². The molecular formula is C39H28N4O. The number of ether oxygens (including phenoxy) is 1. The molecule has 0 fully saturated rings. The second kappa shape index (κ2) is 10.7. The topological polar surface area (TPSA) is 66.6 Å². The van der Waals surface area contributed by atoms with Gasteiger partial charge in [0.15, 0.2) is 0 Å². The third-order valence-electron chi connectivity index (χ3n) is 8.03. The maximum atomic E-state index is 5.45. The van der Waals surface area contributed by atoms with E-state index in [0.29, 0.717) is 0 Å². The summed E-state index contributed by atoms with van der Waals surface area (Å²) in [5.74, 6) is 0.819. The van der Waals surface area contributed by atoms with Crippen molar-refractivity contribution < 1.29 is 4.74 Å². The Hall–Kier alpha value is -5.94. The quantitative estimate of drug-likeness (QED) is 0.222. The third kappa shape index (κ3) is 4.71. The van der Waals surface area contributed by atoms with Crippen molar-refractivity contribution >= 4 is 46.4 Å². The van der Waals surface area contributed by atoms with Crippen molar-refractivity contribution in [2.45, 2.75) is 0 Å². The van der Waals surface area contributed by atoms with Crippen LogP contribution in [0.2, 0.25) is 0 Å². The first kappa shape index (κ1) is 25.7. The highest BCUT2D eigenvalue weighted by Gasteiger charge is 2.16. The van der Waals surface area contributed by atoms with Crippen LogP contribution in [0.5, 0.6) is 5.75 Å². The fourth-order valence-corrected chi connectivity index (χ4v) is 5.98. The molecule has 0 aliphatic carbocycles. The Morgan fingerprint density at radius 2 is 1.14 bits per heavy atom. The molecule has 2 aliphatic rings. The molecule has 2 aliphatic heterocycles. The summed E-state index contributed by atoms with van der Waals surface area (Å²) in [6, 6.07) is 39.6. The molecule has 0 amide bonds. The standard InChI is InChI=1S/C39H28N4O/c1-44-32-17-12-25(13-18-32)33-24-31-23-30-15-20-35(41-30)37(26-8-4-2-5-9-26)34-19-14-28(40-34)22-29-16-21-36(42-29)38(39(33)43-31)27-10-6-3-7-11-27/h2-24,40,43H,1H3. The van der Waals surface area contributed by atoms with Gasteiger partial charge in [0.2, 0.25) is 0 Å². The molecule has 5 nitrogen and oxygen atoms in total. The van der Waals surface area contributed by atoms with Crippen molar-refractivity contribution in [3.05, 3.63) is 138 Å². The third-order valence-corrected chi connectivity index (χ3v) is 8.03. The van der Waals surface area contributed by atoms with E-state index < -0.39 is 0 Å². The predicted molar refractivity (Wildman–Crippen MR) is 182 cm³/mol. The Kier molecular flexibility index (Phi) is 6.27. The van der Waals surface area contributed by atoms with Gasteiger partial charge in [0.05, 0.1) is 35.4 Å². The van der Waals surface area contributed by atoms with Crippen molar-refractivity contribution in [2.24, 2.45) is 0 Å². The highest BCUT2D eigenvalue weighted by atomic mass is 16.5. The van der Waals surface area contributed by atoms with Crippen LogP contribution in [0.15, 0.2) is 115 Å². The number of H-pyrrole nitrogens is 2. The molecule has 0 spiro atoms. The first-order valence-corrected chi connectivity index (χ1v) is 14.6. The molecule has 3 aromatic heterocycles. The molecule has 0 unspecified atom stereocenters. The Balaban J connectivity index is 1.50. The van der Waals surface area contributed by atoms with Crippen LogP contribution in [-0.4, -0.2) is 27.0 Å². The van der Waals surface area contributed by atoms with E-state index in [1.165, 1.54) is 0 Å². The SMILES string of the molecule is COc1ccc(-c2cc3cc4nc(c(-c5ccccc5)c5ccc(cc6nc(c(-c7ccccc7)c2[nH]3)C=C6)[nH]5)C=C4)cc1. The number of aromatic nitrogens is 4. The fourth-order valence-electron chi connectivity index (χ4n) is 5.98. The number of aromatic amines is 2. The van der Waals surface area contributed by atoms with Crippen LogP contribution >= 0.6 is 0 Å². The molecule has 0 atom stereocenters. The highest BCUT2D eigenvalue weighted by Crippen LogP contribution is 2.37. The number of benzene rings is 3. The zero-order valence-electron chi connectivity index (χ0n) is 24.1. The minimum atomic E-state index is 0.819. The lowest BCUT2D eigenvalue weighted by atomic mass is 9.99. The van der Waals surface area contributed by atoms with Crippen LogP contribution < -0.4 is 4.74 Å². The second-order valence-electron chi connectivity index (χ2n) is 10.9. The van der Waals surface area contributed by atoms with E-state index in [-0.39, 0.29) is 0 Å². The van der Waals surface area contributed by atoms with Gasteiger partial charge in [-0.15, -0.1) is 0 Å². The van der Waals surface area contributed by atoms with Crippen LogP contribution in [0.4, 0.5) is 0 Å². The minimum Gasteiger partial charge on any atom is -0.497 e. The van der Waals surface area contributed by atoms with Gasteiger partial charge in [-0.25, -0.2) is 9.97 Å². The van der Waals surface area contributed by atoms with Gasteiger partial charge in [-0.2, -0.15) is 0 Å². The molecular weight excluding hydrogens is 540 g/mol. The minimum absolute atomic E-state index is 0.819. The summed E-state index contributed by atoms with van der Waals surface area (Å²) >= 11 is 0. The Bertz CT molecular complexity index is 2240. The number of hydrogen-bond acceptors (Lipinski definition) is 3. The zero-order chi connectivity index (χ0) is 29.5. The Morgan fingerprint density at radius 3 is 1.80 bits per heavy atom. The highest BCUT2D eigenvalue weighted by molar-refractivity contribution is 6.00. The van der Waals surface area contributed by atoms with E-state index in [2.05, 4.69) is 125 Å². The maximum absolute atomic E-state index is 5.45. The van der Waals surface area contributed by atoms with Gasteiger partial charge in [-0.3, -0.25) is 0 Å². The zero-order valence-corrected chi connectivity index (χ0v) is 24.1. The van der Waals surface area contributed by atoms with Crippen LogP contribution in [0, 0.1) is 0 Å². The molecule has 210 valence electrons. The molecule has 0 saturated carbocycles. The van der Waals surface area contributed by atoms with Gasteiger partial charge in [0, 0.05) is 33.2 Å². The molecule has 0 saturated heterocycles. The van der Waals surface area contributed by atoms with E-state index in [1.807, 2.05) is 24.3 Å². The van der Waals surface area contributed by atoms with Gasteiger partial charge in [0.25, 0.3) is 0 Å². The summed E-state index contributed by atoms with van der Waals surface area (Å²) in [5, 5.41) is 0. The van der Waals surface area contributed by atoms with Gasteiger partial charge < -0.3 is 14.7 Å². The molecule has 5 heterocycles. The maximum Gasteiger partial charge on any atom is 0.118 e. The molecule has 3 aromatic carbocycles. The molecule has 5 heteroatoms. The van der Waals surface area contributed by atoms with Crippen molar-refractivity contribution in [3.8, 4) is 39.1 Å². The predicted octanol–water partition coefficient (Wildman–Crippen LogP) is 9.67. The van der Waals surface area contributed by atoms with Crippen LogP contribution in [0.3, 0.4) is 0 Å². The van der Waals surface area contributed by atoms with Crippen molar-refractivity contribution in [2.75, 3.05) is 7.11 Å². The van der Waals surface area contributed by atoms with Crippen LogP contribution in [-0.2, 0) is 0 Å². The summed E-state index contributed by atoms with van der Waals surface area (Å²) in [5.41, 5.74) is 13.9. The molecule has 8 bridgehead atoms. The van der Waals surface area contributed by atoms with Crippen LogP contribution in [0.25, 0.3) is 79.8 Å². The number of nitrogens with one attached hydrogen (secondary N) is 2. The number of nitrogens with zero attached hydrogens (tertiary/aromatic N) is 2. The first-order chi connectivity index (χ1) is 21.7. The summed E-state index contributed by atoms with van der Waals surface area (Å²) < 4.78 is 5.45. The van der Waals surface area contributed by atoms with E-state index in [1.54, 1.807) is 7.11 Å². The molecule has 0 radical (unpaired) electrons. The molecule has 2 N–H and O–H groups in total. The van der Waals surface area contributed by atoms with E-state index in [9.17, 15) is 0 Å². The van der Waals surface area contributed by atoms with Crippen molar-refractivity contribution in [1.82, 2.24) is 19.9 Å². The monoisotopic (exact) mass is 568 g/mol. The number of hydrogen-bond donors (Lipinski definition) is 2. The number of rotatable bonds is 4. The Morgan fingerprint density at radius 1 is 0.523 bits per heavy atom. The van der Waals surface area contributed by atoms with Crippen molar-refractivity contribution in [3.63, 3.8) is 0 Å². The van der Waals surface area contributed by atoms with Gasteiger partial charge in [-0.1, -0.05) is 72.8 Å². The smallest absolute Gasteiger partial charge is 0.118 e. The van der Waals surface area contributed by atoms with Crippen molar-refractivity contribution in [1.29, 1.82) is 0 Å². The average Bonchev–Trinajstić information content (AvgIpc) is 3.89.